The fourth-order valence-electron chi connectivity index (χ4n) is 2.32. The minimum absolute atomic E-state index is 0.0214. The van der Waals surface area contributed by atoms with Gasteiger partial charge in [-0.3, -0.25) is 10.2 Å². The maximum absolute atomic E-state index is 11.9. The smallest absolute Gasteiger partial charge is 0.251 e. The molecule has 0 bridgehead atoms. The third-order valence-corrected chi connectivity index (χ3v) is 3.97. The minimum Gasteiger partial charge on any atom is -0.305 e. The predicted octanol–water partition coefficient (Wildman–Crippen LogP) is 0.522. The van der Waals surface area contributed by atoms with Gasteiger partial charge >= 0.3 is 0 Å². The molecule has 0 unspecified atom stereocenters. The molecule has 3 rings (SSSR count). The van der Waals surface area contributed by atoms with Crippen LogP contribution in [0.3, 0.4) is 0 Å². The summed E-state index contributed by atoms with van der Waals surface area (Å²) in [5.41, 5.74) is 4.89. The number of hydrazine groups is 1. The van der Waals surface area contributed by atoms with Crippen molar-refractivity contribution in [3.63, 3.8) is 0 Å². The number of nitrogens with one attached hydrogen (secondary N) is 1. The lowest BCUT2D eigenvalue weighted by Gasteiger charge is -2.09. The quantitative estimate of drug-likeness (QED) is 0.623. The van der Waals surface area contributed by atoms with Gasteiger partial charge in [0.2, 0.25) is 5.13 Å². The number of pyridine rings is 1. The molecule has 0 aliphatic heterocycles. The average Bonchev–Trinajstić information content (AvgIpc) is 3.01. The Hall–Kier alpha value is -1.73. The van der Waals surface area contributed by atoms with Gasteiger partial charge in [-0.1, -0.05) is 17.4 Å². The molecule has 0 amide bonds. The first kappa shape index (κ1) is 11.4. The van der Waals surface area contributed by atoms with E-state index >= 15 is 0 Å². The zero-order chi connectivity index (χ0) is 12.5. The molecule has 0 saturated heterocycles. The van der Waals surface area contributed by atoms with Gasteiger partial charge in [-0.05, 0) is 24.8 Å². The van der Waals surface area contributed by atoms with E-state index in [-0.39, 0.29) is 5.56 Å². The topological polar surface area (TPSA) is 85.8 Å². The molecule has 0 spiro atoms. The van der Waals surface area contributed by atoms with Crippen LogP contribution in [-0.4, -0.2) is 14.8 Å². The van der Waals surface area contributed by atoms with Crippen LogP contribution < -0.4 is 16.8 Å². The van der Waals surface area contributed by atoms with Crippen molar-refractivity contribution in [1.82, 2.24) is 14.8 Å². The summed E-state index contributed by atoms with van der Waals surface area (Å²) in [6, 6.07) is 3.57. The fraction of sp³-hybridized carbons (Fsp3) is 0.364. The Morgan fingerprint density at radius 1 is 1.39 bits per heavy atom. The van der Waals surface area contributed by atoms with E-state index in [1.165, 1.54) is 16.9 Å². The van der Waals surface area contributed by atoms with E-state index in [1.54, 1.807) is 10.6 Å². The number of aryl methyl sites for hydroxylation is 1. The monoisotopic (exact) mass is 263 g/mol. The first-order valence-electron chi connectivity index (χ1n) is 5.78. The molecule has 3 N–H and O–H groups in total. The fourth-order valence-corrected chi connectivity index (χ4v) is 2.96. The van der Waals surface area contributed by atoms with Crippen LogP contribution in [0, 0.1) is 0 Å². The third-order valence-electron chi connectivity index (χ3n) is 3.13. The summed E-state index contributed by atoms with van der Waals surface area (Å²) in [6.07, 6.45) is 3.14. The van der Waals surface area contributed by atoms with Gasteiger partial charge < -0.3 is 4.57 Å². The second-order valence-electron chi connectivity index (χ2n) is 4.23. The number of rotatable bonds is 3. The van der Waals surface area contributed by atoms with E-state index in [0.717, 1.165) is 30.0 Å². The standard InChI is InChI=1S/C11H13N5OS/c12-13-11-15-14-9(18-11)6-16-8-3-1-2-7(8)4-5-10(16)17/h4-5H,1-3,6,12H2,(H,13,15). The molecule has 94 valence electrons. The van der Waals surface area contributed by atoms with E-state index in [4.69, 9.17) is 5.84 Å². The summed E-state index contributed by atoms with van der Waals surface area (Å²) in [6.45, 7) is 0.474. The molecule has 0 saturated carbocycles. The summed E-state index contributed by atoms with van der Waals surface area (Å²) < 4.78 is 1.79. The van der Waals surface area contributed by atoms with Gasteiger partial charge in [0.05, 0.1) is 6.54 Å². The number of fused-ring (bicyclic) bond motifs is 1. The molecule has 18 heavy (non-hydrogen) atoms. The van der Waals surface area contributed by atoms with Crippen molar-refractivity contribution in [3.05, 3.63) is 38.8 Å². The lowest BCUT2D eigenvalue weighted by atomic mass is 10.2. The Kier molecular flexibility index (Phi) is 2.85. The number of nitrogen functional groups attached to an aromatic ring is 1. The van der Waals surface area contributed by atoms with Crippen molar-refractivity contribution in [2.45, 2.75) is 25.8 Å². The van der Waals surface area contributed by atoms with Gasteiger partial charge in [0.25, 0.3) is 5.56 Å². The van der Waals surface area contributed by atoms with Gasteiger partial charge in [0.1, 0.15) is 5.01 Å². The number of hydrogen-bond acceptors (Lipinski definition) is 6. The number of anilines is 1. The molecule has 2 heterocycles. The summed E-state index contributed by atoms with van der Waals surface area (Å²) in [7, 11) is 0. The second-order valence-corrected chi connectivity index (χ2v) is 5.29. The Balaban J connectivity index is 1.97. The highest BCUT2D eigenvalue weighted by Crippen LogP contribution is 2.21. The van der Waals surface area contributed by atoms with Crippen LogP contribution in [0.5, 0.6) is 0 Å². The van der Waals surface area contributed by atoms with Crippen molar-refractivity contribution in [2.24, 2.45) is 5.84 Å². The molecular weight excluding hydrogens is 250 g/mol. The highest BCUT2D eigenvalue weighted by Gasteiger charge is 2.16. The van der Waals surface area contributed by atoms with E-state index in [2.05, 4.69) is 15.6 Å². The van der Waals surface area contributed by atoms with Gasteiger partial charge in [-0.2, -0.15) is 0 Å². The Bertz CT molecular complexity index is 633. The van der Waals surface area contributed by atoms with E-state index < -0.39 is 0 Å². The minimum atomic E-state index is 0.0214. The SMILES string of the molecule is NNc1nnc(Cn2c3c(ccc2=O)CCC3)s1. The van der Waals surface area contributed by atoms with Gasteiger partial charge in [-0.25, -0.2) is 5.84 Å². The van der Waals surface area contributed by atoms with Crippen LogP contribution in [0.2, 0.25) is 0 Å². The molecule has 0 aromatic carbocycles. The van der Waals surface area contributed by atoms with Crippen LogP contribution >= 0.6 is 11.3 Å². The zero-order valence-electron chi connectivity index (χ0n) is 9.72. The molecule has 1 aliphatic rings. The van der Waals surface area contributed by atoms with E-state index in [9.17, 15) is 4.79 Å². The van der Waals surface area contributed by atoms with Crippen molar-refractivity contribution >= 4 is 16.5 Å². The molecular formula is C11H13N5OS. The number of aromatic nitrogens is 3. The highest BCUT2D eigenvalue weighted by atomic mass is 32.1. The van der Waals surface area contributed by atoms with Crippen LogP contribution in [0.1, 0.15) is 22.7 Å². The number of hydrogen-bond donors (Lipinski definition) is 2. The Labute approximate surface area is 107 Å². The van der Waals surface area contributed by atoms with E-state index in [1.807, 2.05) is 6.07 Å². The average molecular weight is 263 g/mol. The molecule has 2 aromatic heterocycles. The normalized spacial score (nSPS) is 13.6. The van der Waals surface area contributed by atoms with Gasteiger partial charge in [0.15, 0.2) is 0 Å². The zero-order valence-corrected chi connectivity index (χ0v) is 10.5. The van der Waals surface area contributed by atoms with Crippen LogP contribution in [0.15, 0.2) is 16.9 Å². The van der Waals surface area contributed by atoms with Crippen LogP contribution in [-0.2, 0) is 19.4 Å². The predicted molar refractivity (Wildman–Crippen MR) is 69.5 cm³/mol. The van der Waals surface area contributed by atoms with Crippen molar-refractivity contribution in [1.29, 1.82) is 0 Å². The molecule has 0 radical (unpaired) electrons. The first-order valence-corrected chi connectivity index (χ1v) is 6.60. The summed E-state index contributed by atoms with van der Waals surface area (Å²) in [5, 5.41) is 9.23. The number of nitrogens with zero attached hydrogens (tertiary/aromatic N) is 3. The first-order chi connectivity index (χ1) is 8.78. The highest BCUT2D eigenvalue weighted by molar-refractivity contribution is 7.15. The largest absolute Gasteiger partial charge is 0.305 e. The lowest BCUT2D eigenvalue weighted by molar-refractivity contribution is 0.697. The Morgan fingerprint density at radius 3 is 3.06 bits per heavy atom. The molecule has 1 aliphatic carbocycles. The number of nitrogens with two attached hydrogens (primary N) is 1. The van der Waals surface area contributed by atoms with Gasteiger partial charge in [0, 0.05) is 11.8 Å². The van der Waals surface area contributed by atoms with Crippen molar-refractivity contribution in [3.8, 4) is 0 Å². The lowest BCUT2D eigenvalue weighted by Crippen LogP contribution is -2.23. The summed E-state index contributed by atoms with van der Waals surface area (Å²) in [4.78, 5) is 11.9. The molecule has 0 fully saturated rings. The van der Waals surface area contributed by atoms with E-state index in [0.29, 0.717) is 11.7 Å². The third kappa shape index (κ3) is 1.91. The summed E-state index contributed by atoms with van der Waals surface area (Å²) in [5.74, 6) is 5.27. The molecule has 0 atom stereocenters. The maximum Gasteiger partial charge on any atom is 0.251 e. The second kappa shape index (κ2) is 4.51. The maximum atomic E-state index is 11.9. The van der Waals surface area contributed by atoms with Crippen LogP contribution in [0.4, 0.5) is 5.13 Å². The van der Waals surface area contributed by atoms with Crippen LogP contribution in [0.25, 0.3) is 0 Å². The van der Waals surface area contributed by atoms with Gasteiger partial charge in [-0.15, -0.1) is 10.2 Å². The molecule has 2 aromatic rings. The van der Waals surface area contributed by atoms with Crippen molar-refractivity contribution in [2.75, 3.05) is 5.43 Å². The molecule has 7 heteroatoms. The molecule has 6 nitrogen and oxygen atoms in total. The Morgan fingerprint density at radius 2 is 2.28 bits per heavy atom. The summed E-state index contributed by atoms with van der Waals surface area (Å²) >= 11 is 1.36. The van der Waals surface area contributed by atoms with Crippen molar-refractivity contribution < 1.29 is 0 Å².